The number of hydrogen-bond donors (Lipinski definition) is 0. The predicted octanol–water partition coefficient (Wildman–Crippen LogP) is 6.51. The smallest absolute Gasteiger partial charge is 0.376 e. The van der Waals surface area contributed by atoms with Crippen molar-refractivity contribution >= 4 is 58.3 Å². The molecule has 8 nitrogen and oxygen atoms in total. The Morgan fingerprint density at radius 1 is 0.595 bits per heavy atom. The van der Waals surface area contributed by atoms with Crippen LogP contribution in [0.2, 0.25) is 0 Å². The maximum absolute atomic E-state index is 4.95. The third-order valence-corrected chi connectivity index (χ3v) is 7.30. The monoisotopic (exact) mass is 591 g/mol. The van der Waals surface area contributed by atoms with Gasteiger partial charge in [0.2, 0.25) is 0 Å². The molecule has 5 aromatic rings. The van der Waals surface area contributed by atoms with Gasteiger partial charge in [-0.1, -0.05) is 104 Å². The van der Waals surface area contributed by atoms with E-state index >= 15 is 0 Å². The summed E-state index contributed by atoms with van der Waals surface area (Å²) >= 11 is 0. The summed E-state index contributed by atoms with van der Waals surface area (Å²) in [5, 5.41) is 6.66. The second kappa shape index (κ2) is 10.3. The third-order valence-electron chi connectivity index (χ3n) is 7.30. The van der Waals surface area contributed by atoms with E-state index in [0.717, 1.165) is 38.6 Å². The molecule has 0 aliphatic carbocycles. The molecule has 0 bridgehead atoms. The van der Waals surface area contributed by atoms with E-state index in [1.165, 1.54) is 5.56 Å². The Kier molecular flexibility index (Phi) is 6.31. The minimum Gasteiger partial charge on any atom is -0.376 e. The molecule has 0 saturated carbocycles. The van der Waals surface area contributed by atoms with Crippen molar-refractivity contribution in [2.45, 2.75) is 6.54 Å². The number of fused-ring (bicyclic) bond motifs is 4. The Hall–Kier alpha value is -5.24. The summed E-state index contributed by atoms with van der Waals surface area (Å²) in [4.78, 5) is 32.9. The normalized spacial score (nSPS) is 17.5. The van der Waals surface area contributed by atoms with Crippen LogP contribution >= 0.6 is 0 Å². The van der Waals surface area contributed by atoms with E-state index < -0.39 is 0 Å². The molecule has 0 amide bonds. The molecule has 0 spiro atoms. The molecule has 1 aromatic heterocycles. The number of aliphatic imine (C=N–C) groups is 6. The van der Waals surface area contributed by atoms with Gasteiger partial charge < -0.3 is 30.3 Å². The van der Waals surface area contributed by atoms with Crippen LogP contribution in [-0.2, 0) is 23.6 Å². The van der Waals surface area contributed by atoms with Crippen molar-refractivity contribution in [2.75, 3.05) is 0 Å². The Balaban J connectivity index is 0.00000288. The Labute approximate surface area is 252 Å². The molecule has 0 fully saturated rings. The van der Waals surface area contributed by atoms with Gasteiger partial charge in [-0.25, -0.2) is 4.99 Å². The van der Waals surface area contributed by atoms with Crippen LogP contribution in [0.15, 0.2) is 127 Å². The van der Waals surface area contributed by atoms with Gasteiger partial charge in [0.05, 0.1) is 24.1 Å². The van der Waals surface area contributed by atoms with E-state index in [2.05, 4.69) is 27.8 Å². The van der Waals surface area contributed by atoms with Crippen molar-refractivity contribution < 1.29 is 17.1 Å². The van der Waals surface area contributed by atoms with Crippen molar-refractivity contribution in [1.82, 2.24) is 4.98 Å². The first-order chi connectivity index (χ1) is 20.3. The number of nitrogens with zero attached hydrogens (tertiary/aromatic N) is 8. The molecule has 0 N–H and O–H groups in total. The van der Waals surface area contributed by atoms with Crippen molar-refractivity contribution in [3.63, 3.8) is 0 Å². The first-order valence-electron chi connectivity index (χ1n) is 13.2. The van der Waals surface area contributed by atoms with Crippen LogP contribution in [0.25, 0.3) is 16.1 Å². The number of hydrogen-bond acceptors (Lipinski definition) is 5. The fraction of sp³-hybridized carbons (Fsp3) is 0.0303. The Morgan fingerprint density at radius 3 is 1.88 bits per heavy atom. The van der Waals surface area contributed by atoms with E-state index in [0.29, 0.717) is 47.4 Å². The molecule has 1 radical (unpaired) electrons. The Bertz CT molecular complexity index is 2080. The fourth-order valence-corrected chi connectivity index (χ4v) is 5.35. The SMILES string of the molecule is C=Nc1[n-]c(/N=C2\N=C(N=C3[N-]C(=NC4=NCc5ccccc54)c4ccccc43)c3ccccc32)c2ccccc12.[Cu+2]. The van der Waals surface area contributed by atoms with Gasteiger partial charge in [0.25, 0.3) is 0 Å². The molecule has 9 heteroatoms. The molecule has 3 aliphatic rings. The summed E-state index contributed by atoms with van der Waals surface area (Å²) in [7, 11) is 0. The van der Waals surface area contributed by atoms with Crippen LogP contribution in [0.1, 0.15) is 33.4 Å². The minimum atomic E-state index is 0. The molecule has 203 valence electrons. The second-order valence-corrected chi connectivity index (χ2v) is 9.70. The van der Waals surface area contributed by atoms with Gasteiger partial charge in [0.1, 0.15) is 0 Å². The summed E-state index contributed by atoms with van der Waals surface area (Å²) in [6.07, 6.45) is 0. The number of rotatable bonds is 2. The number of benzene rings is 4. The van der Waals surface area contributed by atoms with Crippen LogP contribution < -0.4 is 4.98 Å². The zero-order valence-corrected chi connectivity index (χ0v) is 23.0. The van der Waals surface area contributed by atoms with Crippen molar-refractivity contribution in [1.29, 1.82) is 0 Å². The van der Waals surface area contributed by atoms with E-state index in [1.807, 2.05) is 91.0 Å². The second-order valence-electron chi connectivity index (χ2n) is 9.70. The van der Waals surface area contributed by atoms with Gasteiger partial charge in [0, 0.05) is 40.0 Å². The van der Waals surface area contributed by atoms with Gasteiger partial charge in [0.15, 0.2) is 0 Å². The van der Waals surface area contributed by atoms with Crippen molar-refractivity contribution in [3.05, 3.63) is 136 Å². The van der Waals surface area contributed by atoms with Crippen LogP contribution in [0.3, 0.4) is 0 Å². The van der Waals surface area contributed by atoms with Crippen LogP contribution in [0.4, 0.5) is 11.6 Å². The summed E-state index contributed by atoms with van der Waals surface area (Å²) in [6, 6.07) is 31.9. The van der Waals surface area contributed by atoms with Gasteiger partial charge in [-0.05, 0) is 27.5 Å². The van der Waals surface area contributed by atoms with Gasteiger partial charge in [-0.2, -0.15) is 0 Å². The molecule has 42 heavy (non-hydrogen) atoms. The summed E-state index contributed by atoms with van der Waals surface area (Å²) in [5.74, 6) is 4.01. The largest absolute Gasteiger partial charge is 2.00 e. The molecule has 0 saturated heterocycles. The molecular weight excluding hydrogens is 572 g/mol. The van der Waals surface area contributed by atoms with Crippen molar-refractivity contribution in [3.8, 4) is 0 Å². The summed E-state index contributed by atoms with van der Waals surface area (Å²) in [6.45, 7) is 4.29. The first kappa shape index (κ1) is 25.7. The van der Waals surface area contributed by atoms with Gasteiger partial charge in [-0.15, -0.1) is 0 Å². The van der Waals surface area contributed by atoms with E-state index in [4.69, 9.17) is 25.3 Å². The third kappa shape index (κ3) is 4.15. The molecular formula is C33H20CuN8. The average Bonchev–Trinajstić information content (AvgIpc) is 3.78. The van der Waals surface area contributed by atoms with E-state index in [1.54, 1.807) is 0 Å². The topological polar surface area (TPSA) is 102 Å². The van der Waals surface area contributed by atoms with Crippen LogP contribution in [-0.4, -0.2) is 35.9 Å². The molecule has 3 aliphatic heterocycles. The predicted molar refractivity (Wildman–Crippen MR) is 165 cm³/mol. The van der Waals surface area contributed by atoms with Crippen molar-refractivity contribution in [2.24, 2.45) is 30.0 Å². The number of amidine groups is 5. The van der Waals surface area contributed by atoms with Gasteiger partial charge >= 0.3 is 17.1 Å². The Morgan fingerprint density at radius 2 is 1.17 bits per heavy atom. The summed E-state index contributed by atoms with van der Waals surface area (Å²) in [5.41, 5.74) is 5.77. The average molecular weight is 592 g/mol. The molecule has 4 aromatic carbocycles. The number of aromatic nitrogens is 1. The van der Waals surface area contributed by atoms with Crippen LogP contribution in [0.5, 0.6) is 0 Å². The molecule has 0 unspecified atom stereocenters. The summed E-state index contributed by atoms with van der Waals surface area (Å²) < 4.78 is 0. The maximum atomic E-state index is 4.95. The fourth-order valence-electron chi connectivity index (χ4n) is 5.35. The standard InChI is InChI=1S/C33H20N8.Cu/c1-34-27-21-12-4-5-13-22(21)29(36-27)38-31-25-16-8-9-17-26(25)33(40-31)41-32-24-15-7-6-14-23(24)30(39-32)37-28-20-11-3-2-10-19(20)18-35-28;/h2-17H,1,18H2;/q-2;+2. The van der Waals surface area contributed by atoms with Crippen LogP contribution in [0, 0.1) is 0 Å². The quantitative estimate of drug-likeness (QED) is 0.170. The minimum absolute atomic E-state index is 0. The maximum Gasteiger partial charge on any atom is 2.00 e. The van der Waals surface area contributed by atoms with Gasteiger partial charge in [-0.3, -0.25) is 4.99 Å². The molecule has 0 atom stereocenters. The first-order valence-corrected chi connectivity index (χ1v) is 13.2. The zero-order valence-electron chi connectivity index (χ0n) is 22.0. The van der Waals surface area contributed by atoms with E-state index in [9.17, 15) is 0 Å². The molecule has 4 heterocycles. The van der Waals surface area contributed by atoms with E-state index in [-0.39, 0.29) is 17.1 Å². The molecule has 8 rings (SSSR count). The zero-order chi connectivity index (χ0) is 27.3.